The van der Waals surface area contributed by atoms with Crippen molar-refractivity contribution in [3.63, 3.8) is 0 Å². The lowest BCUT2D eigenvalue weighted by molar-refractivity contribution is -0.597. The molecule has 0 aliphatic carbocycles. The standard InChI is InChI=1S/C12H10I.C4H6F4O4S/c1-3-7-11(8-4-1)13-12-9-5-2-6-10-12;5-3(6,1-2-9)4(7,8)13(10,11)12/h1-10H;9H,1-2H2,(H,10,11,12)/q+1;/p-1. The van der Waals surface area contributed by atoms with Crippen LogP contribution in [0.3, 0.4) is 0 Å². The molecule has 0 radical (unpaired) electrons. The van der Waals surface area contributed by atoms with Crippen molar-refractivity contribution in [3.8, 4) is 0 Å². The van der Waals surface area contributed by atoms with Gasteiger partial charge >= 0.3 is 32.4 Å². The highest BCUT2D eigenvalue weighted by Gasteiger charge is 2.60. The number of rotatable bonds is 6. The van der Waals surface area contributed by atoms with Gasteiger partial charge in [0.1, 0.15) is 0 Å². The van der Waals surface area contributed by atoms with E-state index in [4.69, 9.17) is 5.11 Å². The predicted octanol–water partition coefficient (Wildman–Crippen LogP) is -0.0429. The van der Waals surface area contributed by atoms with E-state index in [0.717, 1.165) is 0 Å². The lowest BCUT2D eigenvalue weighted by Gasteiger charge is -2.27. The molecule has 0 aliphatic rings. The molecule has 2 aromatic carbocycles. The molecule has 1 N–H and O–H groups in total. The van der Waals surface area contributed by atoms with Crippen LogP contribution >= 0.6 is 0 Å². The van der Waals surface area contributed by atoms with Crippen LogP contribution in [0.5, 0.6) is 0 Å². The van der Waals surface area contributed by atoms with Gasteiger partial charge in [-0.1, -0.05) is 36.4 Å². The highest BCUT2D eigenvalue weighted by molar-refractivity contribution is 7.86. The highest BCUT2D eigenvalue weighted by atomic mass is 127. The van der Waals surface area contributed by atoms with Crippen LogP contribution in [-0.4, -0.2) is 35.9 Å². The Kier molecular flexibility index (Phi) is 8.44. The van der Waals surface area contributed by atoms with Crippen molar-refractivity contribution < 1.29 is 56.8 Å². The maximum atomic E-state index is 12.2. The normalized spacial score (nSPS) is 12.2. The van der Waals surface area contributed by atoms with E-state index in [0.29, 0.717) is 0 Å². The summed E-state index contributed by atoms with van der Waals surface area (Å²) in [7, 11) is -6.43. The molecule has 2 rings (SSSR count). The molecule has 10 heteroatoms. The molecule has 0 aromatic heterocycles. The van der Waals surface area contributed by atoms with E-state index in [1.165, 1.54) is 7.14 Å². The minimum atomic E-state index is -6.43. The highest BCUT2D eigenvalue weighted by Crippen LogP contribution is 2.40. The van der Waals surface area contributed by atoms with Crippen molar-refractivity contribution in [2.75, 3.05) is 6.61 Å². The Morgan fingerprint density at radius 2 is 1.27 bits per heavy atom. The molecule has 0 heterocycles. The van der Waals surface area contributed by atoms with Crippen molar-refractivity contribution in [3.05, 3.63) is 67.8 Å². The SMILES string of the molecule is O=S(=O)([O-])C(F)(F)C(F)(F)CCO.c1ccc([I+]c2ccccc2)cc1. The summed E-state index contributed by atoms with van der Waals surface area (Å²) in [5.74, 6) is -5.05. The van der Waals surface area contributed by atoms with Crippen LogP contribution in [0, 0.1) is 7.14 Å². The predicted molar refractivity (Wildman–Crippen MR) is 81.6 cm³/mol. The quantitative estimate of drug-likeness (QED) is 0.339. The van der Waals surface area contributed by atoms with Crippen LogP contribution in [0.2, 0.25) is 0 Å². The number of aliphatic hydroxyl groups excluding tert-OH is 1. The second-order valence-corrected chi connectivity index (χ2v) is 9.29. The lowest BCUT2D eigenvalue weighted by Crippen LogP contribution is -3.61. The van der Waals surface area contributed by atoms with Gasteiger partial charge in [-0.2, -0.15) is 17.6 Å². The topological polar surface area (TPSA) is 77.4 Å². The fourth-order valence-electron chi connectivity index (χ4n) is 1.55. The summed E-state index contributed by atoms with van der Waals surface area (Å²) in [5, 5.41) is 2.23. The second kappa shape index (κ2) is 9.62. The first kappa shape index (κ1) is 22.8. The van der Waals surface area contributed by atoms with Crippen molar-refractivity contribution in [2.45, 2.75) is 17.6 Å². The van der Waals surface area contributed by atoms with Gasteiger partial charge in [0, 0.05) is 13.0 Å². The Labute approximate surface area is 158 Å². The van der Waals surface area contributed by atoms with Gasteiger partial charge in [0.2, 0.25) is 0 Å². The molecule has 26 heavy (non-hydrogen) atoms. The Morgan fingerprint density at radius 1 is 0.885 bits per heavy atom. The average Bonchev–Trinajstić information content (AvgIpc) is 2.56. The Balaban J connectivity index is 0.000000260. The van der Waals surface area contributed by atoms with Crippen LogP contribution in [0.1, 0.15) is 6.42 Å². The largest absolute Gasteiger partial charge is 0.743 e. The molecule has 0 fully saturated rings. The van der Waals surface area contributed by atoms with Crippen LogP contribution in [0.25, 0.3) is 0 Å². The molecule has 0 bridgehead atoms. The number of aliphatic hydroxyl groups is 1. The lowest BCUT2D eigenvalue weighted by atomic mass is 10.2. The van der Waals surface area contributed by atoms with E-state index in [2.05, 4.69) is 60.7 Å². The maximum Gasteiger partial charge on any atom is 0.396 e. The van der Waals surface area contributed by atoms with E-state index < -0.39 is 34.3 Å². The maximum absolute atomic E-state index is 12.2. The van der Waals surface area contributed by atoms with Gasteiger partial charge in [-0.25, -0.2) is 8.42 Å². The van der Waals surface area contributed by atoms with Gasteiger partial charge in [0.05, 0.1) is 0 Å². The summed E-state index contributed by atoms with van der Waals surface area (Å²) in [6, 6.07) is 21.4. The minimum absolute atomic E-state index is 0.0287. The molecule has 0 aliphatic heterocycles. The van der Waals surface area contributed by atoms with Crippen molar-refractivity contribution >= 4 is 10.1 Å². The zero-order valence-electron chi connectivity index (χ0n) is 13.2. The fraction of sp³-hybridized carbons (Fsp3) is 0.250. The van der Waals surface area contributed by atoms with E-state index in [-0.39, 0.29) is 21.2 Å². The number of hydrogen-bond acceptors (Lipinski definition) is 4. The van der Waals surface area contributed by atoms with Gasteiger partial charge in [-0.05, 0) is 24.3 Å². The molecule has 0 spiro atoms. The van der Waals surface area contributed by atoms with Crippen LogP contribution in [-0.2, 0) is 10.1 Å². The second-order valence-electron chi connectivity index (χ2n) is 4.83. The third-order valence-corrected chi connectivity index (χ3v) is 6.46. The van der Waals surface area contributed by atoms with Crippen molar-refractivity contribution in [2.24, 2.45) is 0 Å². The zero-order chi connectivity index (χ0) is 19.8. The average molecular weight is 506 g/mol. The van der Waals surface area contributed by atoms with Gasteiger partial charge in [0.25, 0.3) is 0 Å². The molecule has 0 saturated heterocycles. The summed E-state index contributed by atoms with van der Waals surface area (Å²) >= 11 is 0.0287. The first-order valence-corrected chi connectivity index (χ1v) is 10.6. The van der Waals surface area contributed by atoms with E-state index in [1.54, 1.807) is 0 Å². The summed E-state index contributed by atoms with van der Waals surface area (Å²) in [5.41, 5.74) is 0. The number of hydrogen-bond donors (Lipinski definition) is 1. The molecule has 4 nitrogen and oxygen atoms in total. The van der Waals surface area contributed by atoms with E-state index >= 15 is 0 Å². The Morgan fingerprint density at radius 3 is 1.58 bits per heavy atom. The van der Waals surface area contributed by atoms with Gasteiger partial charge < -0.3 is 9.66 Å². The monoisotopic (exact) mass is 506 g/mol. The first-order chi connectivity index (χ1) is 12.0. The molecule has 0 amide bonds. The van der Waals surface area contributed by atoms with Crippen LogP contribution in [0.15, 0.2) is 60.7 Å². The number of benzene rings is 2. The van der Waals surface area contributed by atoms with E-state index in [1.807, 2.05) is 0 Å². The van der Waals surface area contributed by atoms with Gasteiger partial charge in [-0.15, -0.1) is 0 Å². The Hall–Kier alpha value is -1.24. The van der Waals surface area contributed by atoms with E-state index in [9.17, 15) is 30.5 Å². The smallest absolute Gasteiger partial charge is 0.396 e. The van der Waals surface area contributed by atoms with Crippen LogP contribution < -0.4 is 21.2 Å². The molecule has 0 unspecified atom stereocenters. The minimum Gasteiger partial charge on any atom is -0.743 e. The van der Waals surface area contributed by atoms with Crippen LogP contribution in [0.4, 0.5) is 17.6 Å². The van der Waals surface area contributed by atoms with Gasteiger partial charge in [0.15, 0.2) is 17.3 Å². The third kappa shape index (κ3) is 6.49. The molecular weight excluding hydrogens is 491 g/mol. The van der Waals surface area contributed by atoms with Crippen molar-refractivity contribution in [1.82, 2.24) is 0 Å². The third-order valence-electron chi connectivity index (χ3n) is 2.85. The molecule has 144 valence electrons. The number of alkyl halides is 4. The summed E-state index contributed by atoms with van der Waals surface area (Å²) in [6.07, 6.45) is -1.79. The summed E-state index contributed by atoms with van der Waals surface area (Å²) in [4.78, 5) is 0. The summed E-state index contributed by atoms with van der Waals surface area (Å²) in [6.45, 7) is -1.35. The van der Waals surface area contributed by atoms with Gasteiger partial charge in [-0.3, -0.25) is 0 Å². The summed E-state index contributed by atoms with van der Waals surface area (Å²) < 4.78 is 80.8. The molecule has 0 atom stereocenters. The molecule has 0 saturated carbocycles. The molecular formula is C16H15F4IO4S. The Bertz CT molecular complexity index is 734. The zero-order valence-corrected chi connectivity index (χ0v) is 16.1. The fourth-order valence-corrected chi connectivity index (χ4v) is 4.29. The first-order valence-electron chi connectivity index (χ1n) is 7.08. The van der Waals surface area contributed by atoms with Crippen molar-refractivity contribution in [1.29, 1.82) is 0 Å². The molecule has 2 aromatic rings. The number of halogens is 5.